The van der Waals surface area contributed by atoms with E-state index >= 15 is 0 Å². The fourth-order valence-electron chi connectivity index (χ4n) is 1.04. The number of aromatic nitrogens is 3. The number of rotatable bonds is 1. The predicted molar refractivity (Wildman–Crippen MR) is 48.8 cm³/mol. The molecule has 2 rings (SSSR count). The normalized spacial score (nSPS) is 10.1. The molecule has 0 aromatic carbocycles. The molecule has 2 heterocycles. The Hall–Kier alpha value is -1.84. The van der Waals surface area contributed by atoms with E-state index in [2.05, 4.69) is 21.0 Å². The first kappa shape index (κ1) is 8.74. The van der Waals surface area contributed by atoms with Gasteiger partial charge in [0.25, 0.3) is 0 Å². The molecule has 69 valence electrons. The van der Waals surface area contributed by atoms with Crippen molar-refractivity contribution in [3.63, 3.8) is 0 Å². The van der Waals surface area contributed by atoms with Gasteiger partial charge in [-0.2, -0.15) is 0 Å². The van der Waals surface area contributed by atoms with Gasteiger partial charge in [0.1, 0.15) is 5.69 Å². The van der Waals surface area contributed by atoms with Crippen LogP contribution in [0, 0.1) is 18.8 Å². The van der Waals surface area contributed by atoms with Crippen LogP contribution < -0.4 is 0 Å². The number of hydrogen-bond acceptors (Lipinski definition) is 3. The highest BCUT2D eigenvalue weighted by atomic mass is 19.1. The van der Waals surface area contributed by atoms with E-state index in [1.165, 1.54) is 0 Å². The van der Waals surface area contributed by atoms with Crippen molar-refractivity contribution in [2.24, 2.45) is 0 Å². The van der Waals surface area contributed by atoms with Crippen molar-refractivity contribution in [2.45, 2.75) is 6.92 Å². The molecular weight excluding hydrogens is 181 g/mol. The summed E-state index contributed by atoms with van der Waals surface area (Å²) in [6, 6.07) is 6.45. The number of nitrogens with zero attached hydrogens (tertiary/aromatic N) is 3. The molecule has 0 aliphatic heterocycles. The smallest absolute Gasteiger partial charge is 0.178 e. The summed E-state index contributed by atoms with van der Waals surface area (Å²) in [7, 11) is 0. The molecule has 0 unspecified atom stereocenters. The second-order valence-electron chi connectivity index (χ2n) is 2.80. The zero-order chi connectivity index (χ0) is 9.97. The van der Waals surface area contributed by atoms with E-state index in [4.69, 9.17) is 0 Å². The van der Waals surface area contributed by atoms with Gasteiger partial charge in [0.2, 0.25) is 0 Å². The van der Waals surface area contributed by atoms with E-state index in [0.717, 1.165) is 18.1 Å². The van der Waals surface area contributed by atoms with E-state index in [-0.39, 0.29) is 0 Å². The average molecular weight is 188 g/mol. The van der Waals surface area contributed by atoms with Gasteiger partial charge < -0.3 is 0 Å². The summed E-state index contributed by atoms with van der Waals surface area (Å²) in [5.74, 6) is -0.0727. The lowest BCUT2D eigenvalue weighted by molar-refractivity contribution is 0.614. The van der Waals surface area contributed by atoms with Gasteiger partial charge >= 0.3 is 0 Å². The summed E-state index contributed by atoms with van der Waals surface area (Å²) in [5, 5.41) is 0. The molecule has 0 fully saturated rings. The molecule has 0 bridgehead atoms. The van der Waals surface area contributed by atoms with E-state index in [0.29, 0.717) is 11.5 Å². The van der Waals surface area contributed by atoms with E-state index in [9.17, 15) is 4.39 Å². The topological polar surface area (TPSA) is 38.7 Å². The van der Waals surface area contributed by atoms with E-state index in [1.54, 1.807) is 6.07 Å². The average Bonchev–Trinajstić information content (AvgIpc) is 2.19. The van der Waals surface area contributed by atoms with Gasteiger partial charge in [-0.15, -0.1) is 0 Å². The molecule has 4 heteroatoms. The minimum absolute atomic E-state index is 0.384. The fraction of sp³-hybridized carbons (Fsp3) is 0.100. The monoisotopic (exact) mass is 188 g/mol. The number of aryl methyl sites for hydroxylation is 1. The Morgan fingerprint density at radius 3 is 2.64 bits per heavy atom. The van der Waals surface area contributed by atoms with Crippen molar-refractivity contribution in [3.8, 4) is 11.5 Å². The maximum Gasteiger partial charge on any atom is 0.178 e. The lowest BCUT2D eigenvalue weighted by atomic mass is 10.3. The van der Waals surface area contributed by atoms with E-state index in [1.807, 2.05) is 13.0 Å². The molecule has 0 aliphatic rings. The molecule has 3 nitrogen and oxygen atoms in total. The highest BCUT2D eigenvalue weighted by Crippen LogP contribution is 2.10. The Kier molecular flexibility index (Phi) is 2.18. The van der Waals surface area contributed by atoms with Crippen molar-refractivity contribution in [1.82, 2.24) is 15.0 Å². The van der Waals surface area contributed by atoms with Crippen molar-refractivity contribution in [3.05, 3.63) is 42.1 Å². The van der Waals surface area contributed by atoms with Gasteiger partial charge in [-0.25, -0.2) is 19.3 Å². The first-order valence-corrected chi connectivity index (χ1v) is 4.09. The Morgan fingerprint density at radius 2 is 2.00 bits per heavy atom. The zero-order valence-corrected chi connectivity index (χ0v) is 7.53. The number of pyridine rings is 1. The van der Waals surface area contributed by atoms with Crippen LogP contribution in [0.2, 0.25) is 0 Å². The van der Waals surface area contributed by atoms with E-state index < -0.39 is 5.82 Å². The highest BCUT2D eigenvalue weighted by molar-refractivity contribution is 5.47. The standard InChI is InChI=1S/C10H7FN3/c1-7-3-2-4-9(14-7)10-12-5-8(11)6-13-10/h2-3,5-6H,1H3. The molecule has 0 saturated carbocycles. The van der Waals surface area contributed by atoms with Gasteiger partial charge in [-0.3, -0.25) is 0 Å². The van der Waals surface area contributed by atoms with Gasteiger partial charge in [0, 0.05) is 11.8 Å². The van der Waals surface area contributed by atoms with Crippen LogP contribution in [-0.4, -0.2) is 15.0 Å². The first-order chi connectivity index (χ1) is 6.75. The zero-order valence-electron chi connectivity index (χ0n) is 7.53. The fourth-order valence-corrected chi connectivity index (χ4v) is 1.04. The number of hydrogen-bond donors (Lipinski definition) is 0. The van der Waals surface area contributed by atoms with Gasteiger partial charge in [0.15, 0.2) is 11.6 Å². The molecule has 0 saturated heterocycles. The van der Waals surface area contributed by atoms with Crippen LogP contribution in [0.25, 0.3) is 11.5 Å². The van der Waals surface area contributed by atoms with Gasteiger partial charge in [-0.1, -0.05) is 6.07 Å². The van der Waals surface area contributed by atoms with Crippen molar-refractivity contribution in [2.75, 3.05) is 0 Å². The highest BCUT2D eigenvalue weighted by Gasteiger charge is 2.02. The van der Waals surface area contributed by atoms with Crippen LogP contribution in [0.1, 0.15) is 5.69 Å². The van der Waals surface area contributed by atoms with Crippen molar-refractivity contribution < 1.29 is 4.39 Å². The largest absolute Gasteiger partial charge is 0.249 e. The third-order valence-corrected chi connectivity index (χ3v) is 1.66. The minimum atomic E-state index is -0.457. The first-order valence-electron chi connectivity index (χ1n) is 4.09. The lowest BCUT2D eigenvalue weighted by Crippen LogP contribution is -1.93. The molecule has 0 spiro atoms. The molecule has 2 aromatic heterocycles. The molecule has 0 atom stereocenters. The Balaban J connectivity index is 2.44. The van der Waals surface area contributed by atoms with Crippen molar-refractivity contribution >= 4 is 0 Å². The molecule has 14 heavy (non-hydrogen) atoms. The summed E-state index contributed by atoms with van der Waals surface area (Å²) in [6.07, 6.45) is 2.22. The molecule has 1 radical (unpaired) electrons. The molecule has 0 amide bonds. The van der Waals surface area contributed by atoms with Crippen LogP contribution in [0.15, 0.2) is 24.5 Å². The van der Waals surface area contributed by atoms with Crippen LogP contribution in [0.5, 0.6) is 0 Å². The minimum Gasteiger partial charge on any atom is -0.249 e. The molecule has 2 aromatic rings. The summed E-state index contributed by atoms with van der Waals surface area (Å²) in [5.41, 5.74) is 1.39. The van der Waals surface area contributed by atoms with Crippen LogP contribution in [0.4, 0.5) is 4.39 Å². The molecule has 0 N–H and O–H groups in total. The van der Waals surface area contributed by atoms with Crippen LogP contribution >= 0.6 is 0 Å². The predicted octanol–water partition coefficient (Wildman–Crippen LogP) is 1.79. The maximum atomic E-state index is 12.5. The van der Waals surface area contributed by atoms with Crippen molar-refractivity contribution in [1.29, 1.82) is 0 Å². The SMILES string of the molecule is Cc1cc[c]c(-c2ncc(F)cn2)n1. The second kappa shape index (κ2) is 3.49. The summed E-state index contributed by atoms with van der Waals surface area (Å²) in [4.78, 5) is 11.8. The molecule has 0 aliphatic carbocycles. The second-order valence-corrected chi connectivity index (χ2v) is 2.80. The van der Waals surface area contributed by atoms with Crippen LogP contribution in [0.3, 0.4) is 0 Å². The number of halogens is 1. The maximum absolute atomic E-state index is 12.5. The van der Waals surface area contributed by atoms with Gasteiger partial charge in [-0.05, 0) is 13.0 Å². The summed E-state index contributed by atoms with van der Waals surface area (Å²) < 4.78 is 12.5. The lowest BCUT2D eigenvalue weighted by Gasteiger charge is -1.98. The van der Waals surface area contributed by atoms with Crippen LogP contribution in [-0.2, 0) is 0 Å². The molecular formula is C10H7FN3. The third-order valence-electron chi connectivity index (χ3n) is 1.66. The van der Waals surface area contributed by atoms with Gasteiger partial charge in [0.05, 0.1) is 12.4 Å². The summed E-state index contributed by atoms with van der Waals surface area (Å²) >= 11 is 0. The Morgan fingerprint density at radius 1 is 1.29 bits per heavy atom. The summed E-state index contributed by atoms with van der Waals surface area (Å²) in [6.45, 7) is 1.86. The quantitative estimate of drug-likeness (QED) is 0.684. The third kappa shape index (κ3) is 1.74. The Labute approximate surface area is 80.7 Å². The Bertz CT molecular complexity index is 439.